The lowest BCUT2D eigenvalue weighted by molar-refractivity contribution is 0.578. The van der Waals surface area contributed by atoms with Crippen molar-refractivity contribution in [3.63, 3.8) is 0 Å². The van der Waals surface area contributed by atoms with Crippen LogP contribution in [0.2, 0.25) is 0 Å². The molecule has 0 N–H and O–H groups in total. The molecule has 0 aliphatic heterocycles. The number of unbranched alkanes of at least 4 members (excludes halogenated alkanes) is 3. The first-order valence-electron chi connectivity index (χ1n) is 6.33. The molecule has 0 spiro atoms. The average Bonchev–Trinajstić information content (AvgIpc) is 2.71. The number of rotatable bonds is 6. The highest BCUT2D eigenvalue weighted by Gasteiger charge is 2.10. The van der Waals surface area contributed by atoms with Gasteiger partial charge in [-0.3, -0.25) is 0 Å². The van der Waals surface area contributed by atoms with Crippen LogP contribution in [0, 0.1) is 0 Å². The minimum Gasteiger partial charge on any atom is -0.312 e. The van der Waals surface area contributed by atoms with Crippen LogP contribution in [0.5, 0.6) is 0 Å². The highest BCUT2D eigenvalue weighted by molar-refractivity contribution is 9.10. The van der Waals surface area contributed by atoms with Crippen molar-refractivity contribution in [3.8, 4) is 0 Å². The van der Waals surface area contributed by atoms with Crippen LogP contribution in [0.15, 0.2) is 16.7 Å². The molecule has 18 heavy (non-hydrogen) atoms. The van der Waals surface area contributed by atoms with Crippen LogP contribution in [0.1, 0.15) is 38.4 Å². The number of alkyl halides is 1. The zero-order valence-corrected chi connectivity index (χ0v) is 12.8. The number of nitrogens with zero attached hydrogens (tertiary/aromatic N) is 3. The number of aromatic nitrogens is 3. The maximum Gasteiger partial charge on any atom is 0.160 e. The standard InChI is InChI=1S/C13H17BrClN3/c1-2-3-4-5-6-18-12(8-15)17-11-7-10(14)9-16-13(11)18/h7,9H,2-6,8H2,1H3. The lowest BCUT2D eigenvalue weighted by Gasteiger charge is -2.06. The van der Waals surface area contributed by atoms with Crippen molar-refractivity contribution in [1.29, 1.82) is 0 Å². The predicted molar refractivity (Wildman–Crippen MR) is 78.9 cm³/mol. The van der Waals surface area contributed by atoms with Crippen molar-refractivity contribution >= 4 is 38.7 Å². The fraction of sp³-hybridized carbons (Fsp3) is 0.538. The molecule has 2 rings (SSSR count). The Labute approximate surface area is 121 Å². The summed E-state index contributed by atoms with van der Waals surface area (Å²) in [6.07, 6.45) is 6.74. The quantitative estimate of drug-likeness (QED) is 0.576. The van der Waals surface area contributed by atoms with Crippen molar-refractivity contribution in [3.05, 3.63) is 22.6 Å². The van der Waals surface area contributed by atoms with Crippen LogP contribution >= 0.6 is 27.5 Å². The molecule has 5 heteroatoms. The van der Waals surface area contributed by atoms with Gasteiger partial charge in [-0.1, -0.05) is 26.2 Å². The third-order valence-corrected chi connectivity index (χ3v) is 3.66. The number of hydrogen-bond donors (Lipinski definition) is 0. The van der Waals surface area contributed by atoms with Gasteiger partial charge in [0.15, 0.2) is 5.65 Å². The third kappa shape index (κ3) is 3.04. The second-order valence-corrected chi connectivity index (χ2v) is 5.55. The highest BCUT2D eigenvalue weighted by Crippen LogP contribution is 2.20. The Hall–Kier alpha value is -0.610. The number of fused-ring (bicyclic) bond motifs is 1. The van der Waals surface area contributed by atoms with Gasteiger partial charge in [0.25, 0.3) is 0 Å². The first-order valence-corrected chi connectivity index (χ1v) is 7.65. The summed E-state index contributed by atoms with van der Waals surface area (Å²) < 4.78 is 3.09. The molecule has 0 radical (unpaired) electrons. The van der Waals surface area contributed by atoms with Crippen molar-refractivity contribution in [2.24, 2.45) is 0 Å². The van der Waals surface area contributed by atoms with Gasteiger partial charge in [-0.15, -0.1) is 11.6 Å². The number of aryl methyl sites for hydroxylation is 1. The number of halogens is 2. The van der Waals surface area contributed by atoms with Gasteiger partial charge in [-0.2, -0.15) is 0 Å². The Kier molecular flexibility index (Phi) is 5.01. The molecule has 3 nitrogen and oxygen atoms in total. The lowest BCUT2D eigenvalue weighted by atomic mass is 10.2. The van der Waals surface area contributed by atoms with Gasteiger partial charge < -0.3 is 4.57 Å². The summed E-state index contributed by atoms with van der Waals surface area (Å²) >= 11 is 9.38. The minimum atomic E-state index is 0.432. The second kappa shape index (κ2) is 6.53. The van der Waals surface area contributed by atoms with Gasteiger partial charge in [0.05, 0.1) is 5.88 Å². The van der Waals surface area contributed by atoms with E-state index in [1.165, 1.54) is 19.3 Å². The zero-order chi connectivity index (χ0) is 13.0. The van der Waals surface area contributed by atoms with Gasteiger partial charge in [0.2, 0.25) is 0 Å². The number of imidazole rings is 1. The molecule has 0 fully saturated rings. The van der Waals surface area contributed by atoms with E-state index in [0.717, 1.165) is 34.4 Å². The molecule has 0 bridgehead atoms. The van der Waals surface area contributed by atoms with Crippen molar-refractivity contribution in [1.82, 2.24) is 14.5 Å². The van der Waals surface area contributed by atoms with Gasteiger partial charge in [-0.25, -0.2) is 9.97 Å². The van der Waals surface area contributed by atoms with Crippen LogP contribution in [0.3, 0.4) is 0 Å². The van der Waals surface area contributed by atoms with Crippen LogP contribution < -0.4 is 0 Å². The smallest absolute Gasteiger partial charge is 0.160 e. The second-order valence-electron chi connectivity index (χ2n) is 4.37. The summed E-state index contributed by atoms with van der Waals surface area (Å²) in [6.45, 7) is 3.17. The van der Waals surface area contributed by atoms with Gasteiger partial charge in [0.1, 0.15) is 11.3 Å². The maximum atomic E-state index is 5.96. The molecule has 0 aliphatic rings. The minimum absolute atomic E-state index is 0.432. The maximum absolute atomic E-state index is 5.96. The first-order chi connectivity index (χ1) is 8.76. The van der Waals surface area contributed by atoms with E-state index in [2.05, 4.69) is 37.4 Å². The van der Waals surface area contributed by atoms with E-state index in [-0.39, 0.29) is 0 Å². The number of pyridine rings is 1. The summed E-state index contributed by atoms with van der Waals surface area (Å²) in [6, 6.07) is 1.99. The molecule has 2 heterocycles. The largest absolute Gasteiger partial charge is 0.312 e. The highest BCUT2D eigenvalue weighted by atomic mass is 79.9. The molecule has 0 aromatic carbocycles. The molecular formula is C13H17BrClN3. The van der Waals surface area contributed by atoms with E-state index in [4.69, 9.17) is 11.6 Å². The Morgan fingerprint density at radius 3 is 2.89 bits per heavy atom. The van der Waals surface area contributed by atoms with Crippen LogP contribution in [0.4, 0.5) is 0 Å². The van der Waals surface area contributed by atoms with Crippen molar-refractivity contribution < 1.29 is 0 Å². The zero-order valence-electron chi connectivity index (χ0n) is 10.5. The Morgan fingerprint density at radius 1 is 1.33 bits per heavy atom. The fourth-order valence-corrected chi connectivity index (χ4v) is 2.59. The third-order valence-electron chi connectivity index (χ3n) is 2.99. The summed E-state index contributed by atoms with van der Waals surface area (Å²) in [5.74, 6) is 1.34. The molecule has 0 saturated carbocycles. The molecule has 0 amide bonds. The van der Waals surface area contributed by atoms with Crippen LogP contribution in [-0.2, 0) is 12.4 Å². The summed E-state index contributed by atoms with van der Waals surface area (Å²) in [5, 5.41) is 0. The van der Waals surface area contributed by atoms with E-state index in [0.29, 0.717) is 5.88 Å². The molecule has 0 unspecified atom stereocenters. The SMILES string of the molecule is CCCCCCn1c(CCl)nc2cc(Br)cnc21. The summed E-state index contributed by atoms with van der Waals surface area (Å²) in [5.41, 5.74) is 1.85. The van der Waals surface area contributed by atoms with Gasteiger partial charge in [-0.05, 0) is 28.4 Å². The van der Waals surface area contributed by atoms with E-state index in [1.807, 2.05) is 12.3 Å². The van der Waals surface area contributed by atoms with E-state index < -0.39 is 0 Å². The summed E-state index contributed by atoms with van der Waals surface area (Å²) in [4.78, 5) is 8.97. The van der Waals surface area contributed by atoms with Gasteiger partial charge in [0, 0.05) is 17.2 Å². The molecular weight excluding hydrogens is 314 g/mol. The molecule has 0 aliphatic carbocycles. The predicted octanol–water partition coefficient (Wildman–Crippen LogP) is 4.51. The normalized spacial score (nSPS) is 11.3. The molecule has 2 aromatic heterocycles. The molecule has 2 aromatic rings. The number of hydrogen-bond acceptors (Lipinski definition) is 2. The summed E-state index contributed by atoms with van der Waals surface area (Å²) in [7, 11) is 0. The van der Waals surface area contributed by atoms with E-state index in [9.17, 15) is 0 Å². The van der Waals surface area contributed by atoms with Crippen LogP contribution in [-0.4, -0.2) is 14.5 Å². The first kappa shape index (κ1) is 13.8. The van der Waals surface area contributed by atoms with Crippen molar-refractivity contribution in [2.45, 2.75) is 45.0 Å². The molecule has 98 valence electrons. The van der Waals surface area contributed by atoms with Crippen molar-refractivity contribution in [2.75, 3.05) is 0 Å². The Bertz CT molecular complexity index is 524. The topological polar surface area (TPSA) is 30.7 Å². The average molecular weight is 331 g/mol. The lowest BCUT2D eigenvalue weighted by Crippen LogP contribution is -2.03. The Balaban J connectivity index is 2.23. The fourth-order valence-electron chi connectivity index (χ4n) is 2.07. The molecule has 0 atom stereocenters. The Morgan fingerprint density at radius 2 is 2.17 bits per heavy atom. The van der Waals surface area contributed by atoms with E-state index in [1.54, 1.807) is 0 Å². The van der Waals surface area contributed by atoms with Gasteiger partial charge >= 0.3 is 0 Å². The molecule has 0 saturated heterocycles. The van der Waals surface area contributed by atoms with E-state index >= 15 is 0 Å². The van der Waals surface area contributed by atoms with Crippen LogP contribution in [0.25, 0.3) is 11.2 Å². The monoisotopic (exact) mass is 329 g/mol.